The summed E-state index contributed by atoms with van der Waals surface area (Å²) in [6.07, 6.45) is 3.99. The van der Waals surface area contributed by atoms with Crippen LogP contribution in [0, 0.1) is 0 Å². The Hall–Kier alpha value is -3.61. The molecule has 0 saturated carbocycles. The highest BCUT2D eigenvalue weighted by Crippen LogP contribution is 2.36. The van der Waals surface area contributed by atoms with Crippen LogP contribution < -0.4 is 5.32 Å². The lowest BCUT2D eigenvalue weighted by molar-refractivity contribution is -0.136. The van der Waals surface area contributed by atoms with Crippen LogP contribution in [0.2, 0.25) is 0 Å². The first kappa shape index (κ1) is 16.6. The Balaban J connectivity index is 1.59. The molecule has 7 heteroatoms. The van der Waals surface area contributed by atoms with Crippen molar-refractivity contribution in [3.05, 3.63) is 59.9 Å². The topological polar surface area (TPSA) is 92.3 Å². The minimum absolute atomic E-state index is 0.178. The largest absolute Gasteiger partial charge is 0.322 e. The van der Waals surface area contributed by atoms with Crippen molar-refractivity contribution in [1.29, 1.82) is 0 Å². The summed E-state index contributed by atoms with van der Waals surface area (Å²) in [7, 11) is 0. The first-order valence-electron chi connectivity index (χ1n) is 9.10. The van der Waals surface area contributed by atoms with Crippen LogP contribution in [-0.4, -0.2) is 38.6 Å². The van der Waals surface area contributed by atoms with Gasteiger partial charge in [0.15, 0.2) is 5.65 Å². The van der Waals surface area contributed by atoms with Gasteiger partial charge in [0.1, 0.15) is 6.04 Å². The van der Waals surface area contributed by atoms with E-state index in [2.05, 4.69) is 15.3 Å². The highest BCUT2D eigenvalue weighted by atomic mass is 16.2. The molecule has 138 valence electrons. The van der Waals surface area contributed by atoms with E-state index in [1.807, 2.05) is 30.3 Å². The van der Waals surface area contributed by atoms with Crippen LogP contribution in [0.3, 0.4) is 0 Å². The maximum Gasteiger partial charge on any atom is 0.255 e. The van der Waals surface area contributed by atoms with Crippen LogP contribution in [0.25, 0.3) is 22.2 Å². The molecule has 28 heavy (non-hydrogen) atoms. The summed E-state index contributed by atoms with van der Waals surface area (Å²) < 4.78 is 0. The van der Waals surface area contributed by atoms with E-state index in [4.69, 9.17) is 0 Å². The SMILES string of the molecule is O=C1CCC(N2Cc3c(cccc3-c3ccnc4ncccc34)C2=O)C(=O)N1. The van der Waals surface area contributed by atoms with Crippen LogP contribution in [0.1, 0.15) is 28.8 Å². The van der Waals surface area contributed by atoms with Crippen molar-refractivity contribution in [2.75, 3.05) is 0 Å². The molecule has 1 N–H and O–H groups in total. The standard InChI is InChI=1S/C21H16N4O3/c26-18-7-6-17(20(27)24-18)25-11-16-12(3-1-4-15(16)21(25)28)13-8-10-23-19-14(13)5-2-9-22-19/h1-5,8-10,17H,6-7,11H2,(H,24,26,27). The van der Waals surface area contributed by atoms with Crippen molar-refractivity contribution in [1.82, 2.24) is 20.2 Å². The summed E-state index contributed by atoms with van der Waals surface area (Å²) in [4.78, 5) is 46.9. The number of benzene rings is 1. The molecule has 0 spiro atoms. The molecule has 0 aliphatic carbocycles. The van der Waals surface area contributed by atoms with Gasteiger partial charge in [0.25, 0.3) is 5.91 Å². The molecule has 1 atom stereocenters. The molecule has 5 rings (SSSR count). The molecule has 3 aromatic rings. The zero-order valence-electron chi connectivity index (χ0n) is 14.9. The van der Waals surface area contributed by atoms with Gasteiger partial charge in [0.2, 0.25) is 11.8 Å². The van der Waals surface area contributed by atoms with Crippen LogP contribution in [0.15, 0.2) is 48.8 Å². The molecule has 0 radical (unpaired) electrons. The minimum Gasteiger partial charge on any atom is -0.322 e. The van der Waals surface area contributed by atoms with E-state index in [-0.39, 0.29) is 18.2 Å². The Morgan fingerprint density at radius 1 is 0.929 bits per heavy atom. The van der Waals surface area contributed by atoms with Crippen LogP contribution in [0.5, 0.6) is 0 Å². The van der Waals surface area contributed by atoms with Crippen LogP contribution >= 0.6 is 0 Å². The number of piperidine rings is 1. The number of amides is 3. The van der Waals surface area contributed by atoms with E-state index < -0.39 is 11.9 Å². The number of nitrogens with one attached hydrogen (secondary N) is 1. The maximum absolute atomic E-state index is 13.0. The molecule has 2 aromatic heterocycles. The Labute approximate surface area is 160 Å². The third kappa shape index (κ3) is 2.47. The third-order valence-corrected chi connectivity index (χ3v) is 5.39. The van der Waals surface area contributed by atoms with Crippen molar-refractivity contribution in [2.24, 2.45) is 0 Å². The number of imide groups is 1. The van der Waals surface area contributed by atoms with Gasteiger partial charge in [-0.3, -0.25) is 19.7 Å². The van der Waals surface area contributed by atoms with Crippen molar-refractivity contribution >= 4 is 28.8 Å². The molecule has 1 aromatic carbocycles. The number of carbonyl (C=O) groups excluding carboxylic acids is 3. The number of fused-ring (bicyclic) bond motifs is 2. The summed E-state index contributed by atoms with van der Waals surface area (Å²) in [6, 6.07) is 10.7. The molecular formula is C21H16N4O3. The summed E-state index contributed by atoms with van der Waals surface area (Å²) in [5, 5.41) is 3.24. The summed E-state index contributed by atoms with van der Waals surface area (Å²) >= 11 is 0. The second-order valence-corrected chi connectivity index (χ2v) is 6.96. The monoisotopic (exact) mass is 372 g/mol. The fourth-order valence-electron chi connectivity index (χ4n) is 4.06. The molecule has 2 aliphatic heterocycles. The van der Waals surface area contributed by atoms with Crippen molar-refractivity contribution in [3.8, 4) is 11.1 Å². The van der Waals surface area contributed by atoms with E-state index in [0.29, 0.717) is 24.2 Å². The molecule has 2 aliphatic rings. The van der Waals surface area contributed by atoms with Crippen LogP contribution in [-0.2, 0) is 16.1 Å². The van der Waals surface area contributed by atoms with E-state index in [1.54, 1.807) is 23.4 Å². The number of hydrogen-bond donors (Lipinski definition) is 1. The van der Waals surface area contributed by atoms with E-state index >= 15 is 0 Å². The molecule has 7 nitrogen and oxygen atoms in total. The Morgan fingerprint density at radius 2 is 1.75 bits per heavy atom. The zero-order valence-corrected chi connectivity index (χ0v) is 14.9. The van der Waals surface area contributed by atoms with E-state index in [1.165, 1.54) is 0 Å². The smallest absolute Gasteiger partial charge is 0.255 e. The van der Waals surface area contributed by atoms with Crippen molar-refractivity contribution in [3.63, 3.8) is 0 Å². The second-order valence-electron chi connectivity index (χ2n) is 6.96. The van der Waals surface area contributed by atoms with Gasteiger partial charge in [-0.15, -0.1) is 0 Å². The lowest BCUT2D eigenvalue weighted by Gasteiger charge is -2.29. The second kappa shape index (κ2) is 6.23. The van der Waals surface area contributed by atoms with Gasteiger partial charge in [0, 0.05) is 36.3 Å². The van der Waals surface area contributed by atoms with E-state index in [0.717, 1.165) is 22.1 Å². The highest BCUT2D eigenvalue weighted by Gasteiger charge is 2.39. The summed E-state index contributed by atoms with van der Waals surface area (Å²) in [5.74, 6) is -0.873. The molecule has 4 heterocycles. The van der Waals surface area contributed by atoms with E-state index in [9.17, 15) is 14.4 Å². The van der Waals surface area contributed by atoms with Gasteiger partial charge < -0.3 is 4.90 Å². The average Bonchev–Trinajstić information content (AvgIpc) is 3.04. The Bertz CT molecular complexity index is 1150. The Morgan fingerprint density at radius 3 is 2.61 bits per heavy atom. The lowest BCUT2D eigenvalue weighted by Crippen LogP contribution is -2.52. The number of nitrogens with zero attached hydrogens (tertiary/aromatic N) is 3. The normalized spacial score (nSPS) is 19.1. The van der Waals surface area contributed by atoms with Crippen molar-refractivity contribution in [2.45, 2.75) is 25.4 Å². The molecule has 3 amide bonds. The van der Waals surface area contributed by atoms with Gasteiger partial charge in [-0.2, -0.15) is 0 Å². The third-order valence-electron chi connectivity index (χ3n) is 5.39. The summed E-state index contributed by atoms with van der Waals surface area (Å²) in [6.45, 7) is 0.334. The molecule has 0 bridgehead atoms. The molecular weight excluding hydrogens is 356 g/mol. The molecule has 1 unspecified atom stereocenters. The fraction of sp³-hybridized carbons (Fsp3) is 0.190. The minimum atomic E-state index is -0.624. The number of pyridine rings is 2. The van der Waals surface area contributed by atoms with Gasteiger partial charge >= 0.3 is 0 Å². The van der Waals surface area contributed by atoms with Crippen molar-refractivity contribution < 1.29 is 14.4 Å². The van der Waals surface area contributed by atoms with Gasteiger partial charge in [-0.1, -0.05) is 12.1 Å². The highest BCUT2D eigenvalue weighted by molar-refractivity contribution is 6.07. The first-order chi connectivity index (χ1) is 13.6. The fourth-order valence-corrected chi connectivity index (χ4v) is 4.06. The first-order valence-corrected chi connectivity index (χ1v) is 9.10. The maximum atomic E-state index is 13.0. The number of aromatic nitrogens is 2. The lowest BCUT2D eigenvalue weighted by atomic mass is 9.95. The number of carbonyl (C=O) groups is 3. The average molecular weight is 372 g/mol. The number of hydrogen-bond acceptors (Lipinski definition) is 5. The Kier molecular flexibility index (Phi) is 3.68. The predicted octanol–water partition coefficient (Wildman–Crippen LogP) is 2.06. The summed E-state index contributed by atoms with van der Waals surface area (Å²) in [5.41, 5.74) is 4.00. The number of rotatable bonds is 2. The molecule has 1 saturated heterocycles. The molecule has 1 fully saturated rings. The zero-order chi connectivity index (χ0) is 19.3. The van der Waals surface area contributed by atoms with Gasteiger partial charge in [-0.05, 0) is 47.4 Å². The van der Waals surface area contributed by atoms with Gasteiger partial charge in [0.05, 0.1) is 0 Å². The van der Waals surface area contributed by atoms with Crippen LogP contribution in [0.4, 0.5) is 0 Å². The van der Waals surface area contributed by atoms with Gasteiger partial charge in [-0.25, -0.2) is 9.97 Å². The predicted molar refractivity (Wildman–Crippen MR) is 101 cm³/mol. The quantitative estimate of drug-likeness (QED) is 0.695.